The number of aryl methyl sites for hydroxylation is 2. The molecule has 0 aliphatic carbocycles. The summed E-state index contributed by atoms with van der Waals surface area (Å²) in [7, 11) is 2.62. The predicted molar refractivity (Wildman–Crippen MR) is 139 cm³/mol. The van der Waals surface area contributed by atoms with Crippen molar-refractivity contribution in [1.29, 1.82) is 0 Å². The highest BCUT2D eigenvalue weighted by Gasteiger charge is 2.20. The van der Waals surface area contributed by atoms with Crippen LogP contribution in [0.3, 0.4) is 0 Å². The Kier molecular flexibility index (Phi) is 16.6. The molecule has 2 aromatic carbocycles. The maximum atomic E-state index is 11.9. The van der Waals surface area contributed by atoms with Gasteiger partial charge < -0.3 is 9.47 Å². The minimum atomic E-state index is -0.525. The molecule has 9 heteroatoms. The molecule has 0 radical (unpaired) electrons. The van der Waals surface area contributed by atoms with Crippen molar-refractivity contribution in [3.8, 4) is 0 Å². The van der Waals surface area contributed by atoms with Crippen molar-refractivity contribution in [1.82, 2.24) is 0 Å². The molecule has 1 unspecified atom stereocenters. The Morgan fingerprint density at radius 1 is 0.727 bits per heavy atom. The highest BCUT2D eigenvalue weighted by Crippen LogP contribution is 2.15. The third-order valence-electron chi connectivity index (χ3n) is 4.35. The van der Waals surface area contributed by atoms with Gasteiger partial charge in [-0.2, -0.15) is 0 Å². The highest BCUT2D eigenvalue weighted by atomic mass is 80.9. The van der Waals surface area contributed by atoms with Gasteiger partial charge in [-0.05, 0) is 13.8 Å². The van der Waals surface area contributed by atoms with E-state index in [1.54, 1.807) is 24.3 Å². The number of hydrogen-bond acceptors (Lipinski definition) is 6. The third-order valence-corrected chi connectivity index (χ3v) is 5.09. The fourth-order valence-corrected chi connectivity index (χ4v) is 2.95. The molecule has 0 aliphatic heterocycles. The lowest BCUT2D eigenvalue weighted by molar-refractivity contribution is -0.141. The summed E-state index contributed by atoms with van der Waals surface area (Å²) >= 11 is 8.69. The van der Waals surface area contributed by atoms with Gasteiger partial charge in [0.05, 0.1) is 31.9 Å². The number of carbonyl (C=O) groups excluding carboxylic acids is 4. The number of benzene rings is 2. The smallest absolute Gasteiger partial charge is 0.307 e. The Morgan fingerprint density at radius 2 is 1.15 bits per heavy atom. The maximum absolute atomic E-state index is 11.9. The van der Waals surface area contributed by atoms with Crippen LogP contribution in [0.4, 0.5) is 0 Å². The van der Waals surface area contributed by atoms with E-state index >= 15 is 0 Å². The van der Waals surface area contributed by atoms with Crippen molar-refractivity contribution in [3.05, 3.63) is 70.8 Å². The Morgan fingerprint density at radius 3 is 1.58 bits per heavy atom. The van der Waals surface area contributed by atoms with E-state index in [-0.39, 0.29) is 36.8 Å². The lowest BCUT2D eigenvalue weighted by atomic mass is 10.1. The number of rotatable bonds is 8. The van der Waals surface area contributed by atoms with E-state index in [0.29, 0.717) is 11.1 Å². The highest BCUT2D eigenvalue weighted by molar-refractivity contribution is 9.93. The van der Waals surface area contributed by atoms with Crippen LogP contribution in [0.2, 0.25) is 0 Å². The summed E-state index contributed by atoms with van der Waals surface area (Å²) in [4.78, 5) is 44.7. The molecule has 2 rings (SSSR count). The van der Waals surface area contributed by atoms with E-state index in [4.69, 9.17) is 0 Å². The van der Waals surface area contributed by atoms with E-state index in [0.717, 1.165) is 11.1 Å². The zero-order chi connectivity index (χ0) is 25.4. The molecule has 2 aromatic rings. The Bertz CT molecular complexity index is 895. The van der Waals surface area contributed by atoms with Crippen LogP contribution in [0.25, 0.3) is 0 Å². The Labute approximate surface area is 218 Å². The fourth-order valence-electron chi connectivity index (χ4n) is 2.42. The first-order chi connectivity index (χ1) is 15.7. The van der Waals surface area contributed by atoms with Gasteiger partial charge in [0.1, 0.15) is 0 Å². The maximum Gasteiger partial charge on any atom is 0.307 e. The summed E-state index contributed by atoms with van der Waals surface area (Å²) in [5.74, 6) is -0.886. The van der Waals surface area contributed by atoms with E-state index < -0.39 is 10.8 Å². The largest absolute Gasteiger partial charge is 0.469 e. The van der Waals surface area contributed by atoms with Crippen LogP contribution in [0, 0.1) is 13.8 Å². The van der Waals surface area contributed by atoms with Crippen molar-refractivity contribution in [2.75, 3.05) is 14.2 Å². The van der Waals surface area contributed by atoms with Crippen molar-refractivity contribution in [2.24, 2.45) is 0 Å². The molecule has 33 heavy (non-hydrogen) atoms. The molecule has 0 N–H and O–H groups in total. The van der Waals surface area contributed by atoms with Crippen LogP contribution in [0.1, 0.15) is 51.1 Å². The molecule has 0 aliphatic rings. The van der Waals surface area contributed by atoms with Crippen LogP contribution in [0.5, 0.6) is 0 Å². The van der Waals surface area contributed by atoms with E-state index in [2.05, 4.69) is 53.7 Å². The molecule has 6 nitrogen and oxygen atoms in total. The summed E-state index contributed by atoms with van der Waals surface area (Å²) in [6.07, 6.45) is 0.391. The van der Waals surface area contributed by atoms with E-state index in [9.17, 15) is 19.2 Å². The SMILES string of the molecule is BrBr.COC(=O)CC(Br)C(=O)c1ccc(C)cc1.COC(=O)CCC(=O)c1ccc(C)cc1. The average molecular weight is 651 g/mol. The molecular formula is C24H27Br3O6. The normalized spacial score (nSPS) is 10.4. The number of esters is 2. The number of ether oxygens (including phenoxy) is 2. The van der Waals surface area contributed by atoms with Crippen LogP contribution in [0.15, 0.2) is 48.5 Å². The molecule has 0 saturated heterocycles. The zero-order valence-corrected chi connectivity index (χ0v) is 23.7. The van der Waals surface area contributed by atoms with Gasteiger partial charge in [-0.25, -0.2) is 0 Å². The van der Waals surface area contributed by atoms with E-state index in [1.165, 1.54) is 14.2 Å². The second-order valence-corrected chi connectivity index (χ2v) is 7.95. The quantitative estimate of drug-likeness (QED) is 0.189. The average Bonchev–Trinajstić information content (AvgIpc) is 2.84. The number of halogens is 3. The number of hydrogen-bond donors (Lipinski definition) is 0. The van der Waals surface area contributed by atoms with Crippen molar-refractivity contribution in [2.45, 2.75) is 37.9 Å². The zero-order valence-electron chi connectivity index (χ0n) is 18.9. The van der Waals surface area contributed by atoms with E-state index in [1.807, 2.05) is 38.1 Å². The minimum Gasteiger partial charge on any atom is -0.469 e. The predicted octanol–water partition coefficient (Wildman–Crippen LogP) is 6.33. The Balaban J connectivity index is 0.000000578. The van der Waals surface area contributed by atoms with Gasteiger partial charge in [-0.3, -0.25) is 19.2 Å². The molecule has 0 bridgehead atoms. The monoisotopic (exact) mass is 648 g/mol. The topological polar surface area (TPSA) is 86.7 Å². The molecule has 1 atom stereocenters. The Hall–Kier alpha value is -1.84. The van der Waals surface area contributed by atoms with Gasteiger partial charge in [0, 0.05) is 45.8 Å². The second kappa shape index (κ2) is 17.6. The van der Waals surface area contributed by atoms with Crippen LogP contribution < -0.4 is 0 Å². The molecular weight excluding hydrogens is 624 g/mol. The number of methoxy groups -OCH3 is 2. The van der Waals surface area contributed by atoms with Gasteiger partial charge in [0.25, 0.3) is 0 Å². The lowest BCUT2D eigenvalue weighted by Crippen LogP contribution is -2.19. The van der Waals surface area contributed by atoms with Crippen LogP contribution >= 0.6 is 44.2 Å². The first-order valence-electron chi connectivity index (χ1n) is 9.80. The molecule has 0 saturated carbocycles. The third kappa shape index (κ3) is 12.8. The van der Waals surface area contributed by atoms with Gasteiger partial charge >= 0.3 is 11.9 Å². The molecule has 0 fully saturated rings. The molecule has 0 aromatic heterocycles. The van der Waals surface area contributed by atoms with Crippen molar-refractivity contribution >= 4 is 67.7 Å². The van der Waals surface area contributed by atoms with Gasteiger partial charge in [-0.15, -0.1) is 0 Å². The fraction of sp³-hybridized carbons (Fsp3) is 0.333. The number of ketones is 2. The summed E-state index contributed by atoms with van der Waals surface area (Å²) in [6.45, 7) is 3.91. The second-order valence-electron chi connectivity index (χ2n) is 6.84. The van der Waals surface area contributed by atoms with Gasteiger partial charge in [-0.1, -0.05) is 75.6 Å². The lowest BCUT2D eigenvalue weighted by Gasteiger charge is -2.07. The first kappa shape index (κ1) is 31.2. The number of alkyl halides is 1. The summed E-state index contributed by atoms with van der Waals surface area (Å²) in [5, 5.41) is 0. The first-order valence-corrected chi connectivity index (χ1v) is 14.4. The van der Waals surface area contributed by atoms with Crippen molar-refractivity contribution in [3.63, 3.8) is 0 Å². The van der Waals surface area contributed by atoms with Gasteiger partial charge in [0.2, 0.25) is 0 Å². The van der Waals surface area contributed by atoms with Crippen molar-refractivity contribution < 1.29 is 28.7 Å². The summed E-state index contributed by atoms with van der Waals surface area (Å²) in [5.41, 5.74) is 3.44. The summed E-state index contributed by atoms with van der Waals surface area (Å²) < 4.78 is 8.97. The molecule has 0 spiro atoms. The molecule has 180 valence electrons. The van der Waals surface area contributed by atoms with Gasteiger partial charge in [0.15, 0.2) is 11.6 Å². The van der Waals surface area contributed by atoms with Crippen LogP contribution in [-0.2, 0) is 19.1 Å². The molecule has 0 amide bonds. The number of carbonyl (C=O) groups is 4. The molecule has 0 heterocycles. The minimum absolute atomic E-state index is 0.0274. The standard InChI is InChI=1S/C12H13BrO3.C12H14O3.Br2/c1-8-3-5-9(6-4-8)12(15)10(13)7-11(14)16-2;1-9-3-5-10(6-4-9)11(13)7-8-12(14)15-2;1-2/h3-6,10H,7H2,1-2H3;3-6H,7-8H2,1-2H3;. The summed E-state index contributed by atoms with van der Waals surface area (Å²) in [6, 6.07) is 14.5. The van der Waals surface area contributed by atoms with Crippen LogP contribution in [-0.4, -0.2) is 42.6 Å². The number of Topliss-reactive ketones (excluding diaryl/α,β-unsaturated/α-hetero) is 2.